The number of rotatable bonds is 4. The maximum absolute atomic E-state index is 10.6. The Kier molecular flexibility index (Phi) is 5.29. The van der Waals surface area contributed by atoms with Gasteiger partial charge < -0.3 is 5.11 Å². The second-order valence-electron chi connectivity index (χ2n) is 5.93. The first-order valence-electron chi connectivity index (χ1n) is 7.08. The van der Waals surface area contributed by atoms with Gasteiger partial charge in [0.2, 0.25) is 0 Å². The fourth-order valence-corrected chi connectivity index (χ4v) is 3.49. The SMILES string of the molecule is CCC(C)(C)c1ccc(C(O)c2ccc(Br)cc2Br)cc1. The molecule has 0 radical (unpaired) electrons. The van der Waals surface area contributed by atoms with Crippen molar-refractivity contribution in [3.05, 3.63) is 68.1 Å². The van der Waals surface area contributed by atoms with Gasteiger partial charge in [0.15, 0.2) is 0 Å². The van der Waals surface area contributed by atoms with Crippen molar-refractivity contribution in [2.75, 3.05) is 0 Å². The summed E-state index contributed by atoms with van der Waals surface area (Å²) in [5.74, 6) is 0. The Bertz CT molecular complexity index is 618. The lowest BCUT2D eigenvalue weighted by Crippen LogP contribution is -2.15. The fourth-order valence-electron chi connectivity index (χ4n) is 2.22. The molecule has 1 atom stereocenters. The predicted molar refractivity (Wildman–Crippen MR) is 95.7 cm³/mol. The van der Waals surface area contributed by atoms with E-state index in [0.29, 0.717) is 0 Å². The summed E-state index contributed by atoms with van der Waals surface area (Å²) in [6.45, 7) is 6.68. The van der Waals surface area contributed by atoms with Gasteiger partial charge in [-0.2, -0.15) is 0 Å². The second kappa shape index (κ2) is 6.64. The van der Waals surface area contributed by atoms with E-state index >= 15 is 0 Å². The minimum atomic E-state index is -0.619. The average Bonchev–Trinajstić information content (AvgIpc) is 2.47. The van der Waals surface area contributed by atoms with E-state index in [-0.39, 0.29) is 5.41 Å². The molecule has 2 rings (SSSR count). The molecule has 0 bridgehead atoms. The second-order valence-corrected chi connectivity index (χ2v) is 7.70. The molecule has 2 aromatic carbocycles. The topological polar surface area (TPSA) is 20.2 Å². The third-order valence-electron chi connectivity index (χ3n) is 4.15. The molecule has 0 heterocycles. The van der Waals surface area contributed by atoms with Crippen molar-refractivity contribution in [3.63, 3.8) is 0 Å². The van der Waals surface area contributed by atoms with E-state index in [4.69, 9.17) is 0 Å². The largest absolute Gasteiger partial charge is 0.384 e. The lowest BCUT2D eigenvalue weighted by Gasteiger charge is -2.24. The maximum atomic E-state index is 10.6. The average molecular weight is 412 g/mol. The lowest BCUT2D eigenvalue weighted by molar-refractivity contribution is 0.219. The van der Waals surface area contributed by atoms with Crippen molar-refractivity contribution in [3.8, 4) is 0 Å². The van der Waals surface area contributed by atoms with Crippen LogP contribution in [0.25, 0.3) is 0 Å². The summed E-state index contributed by atoms with van der Waals surface area (Å²) in [4.78, 5) is 0. The highest BCUT2D eigenvalue weighted by Crippen LogP contribution is 2.32. The van der Waals surface area contributed by atoms with Crippen LogP contribution in [0, 0.1) is 0 Å². The third-order valence-corrected chi connectivity index (χ3v) is 5.33. The minimum Gasteiger partial charge on any atom is -0.384 e. The van der Waals surface area contributed by atoms with Gasteiger partial charge in [0, 0.05) is 8.95 Å². The first-order chi connectivity index (χ1) is 9.85. The molecule has 2 aromatic rings. The molecule has 1 unspecified atom stereocenters. The molecule has 3 heteroatoms. The monoisotopic (exact) mass is 410 g/mol. The molecule has 0 aromatic heterocycles. The first-order valence-corrected chi connectivity index (χ1v) is 8.67. The summed E-state index contributed by atoms with van der Waals surface area (Å²) in [6.07, 6.45) is 0.471. The van der Waals surface area contributed by atoms with Gasteiger partial charge in [-0.3, -0.25) is 0 Å². The van der Waals surface area contributed by atoms with E-state index in [1.165, 1.54) is 5.56 Å². The van der Waals surface area contributed by atoms with E-state index in [1.807, 2.05) is 30.3 Å². The van der Waals surface area contributed by atoms with Crippen LogP contribution in [0.4, 0.5) is 0 Å². The molecule has 0 aliphatic heterocycles. The molecule has 0 amide bonds. The van der Waals surface area contributed by atoms with E-state index in [1.54, 1.807) is 0 Å². The number of benzene rings is 2. The van der Waals surface area contributed by atoms with Gasteiger partial charge in [-0.15, -0.1) is 0 Å². The van der Waals surface area contributed by atoms with Gasteiger partial charge in [-0.05, 0) is 40.7 Å². The Morgan fingerprint density at radius 3 is 2.19 bits per heavy atom. The Morgan fingerprint density at radius 1 is 1.05 bits per heavy atom. The Hall–Kier alpha value is -0.640. The summed E-state index contributed by atoms with van der Waals surface area (Å²) in [6, 6.07) is 14.1. The number of hydrogen-bond acceptors (Lipinski definition) is 1. The molecular weight excluding hydrogens is 392 g/mol. The first kappa shape index (κ1) is 16.7. The molecule has 0 spiro atoms. The van der Waals surface area contributed by atoms with Crippen LogP contribution >= 0.6 is 31.9 Å². The molecule has 1 nitrogen and oxygen atoms in total. The van der Waals surface area contributed by atoms with E-state index < -0.39 is 6.10 Å². The van der Waals surface area contributed by atoms with Gasteiger partial charge in [-0.1, -0.05) is 83.0 Å². The fraction of sp³-hybridized carbons (Fsp3) is 0.333. The van der Waals surface area contributed by atoms with Crippen molar-refractivity contribution < 1.29 is 5.11 Å². The molecule has 0 aliphatic carbocycles. The molecule has 0 aliphatic rings. The van der Waals surface area contributed by atoms with Crippen molar-refractivity contribution in [1.82, 2.24) is 0 Å². The van der Waals surface area contributed by atoms with Gasteiger partial charge in [-0.25, -0.2) is 0 Å². The standard InChI is InChI=1S/C18H20Br2O/c1-4-18(2,3)13-7-5-12(6-8-13)17(21)15-10-9-14(19)11-16(15)20/h5-11,17,21H,4H2,1-3H3. The number of halogens is 2. The van der Waals surface area contributed by atoms with Crippen molar-refractivity contribution in [2.45, 2.75) is 38.7 Å². The normalized spacial score (nSPS) is 13.2. The quantitative estimate of drug-likeness (QED) is 0.655. The van der Waals surface area contributed by atoms with Crippen molar-refractivity contribution in [2.24, 2.45) is 0 Å². The van der Waals surface area contributed by atoms with Crippen LogP contribution < -0.4 is 0 Å². The summed E-state index contributed by atoms with van der Waals surface area (Å²) < 4.78 is 1.90. The smallest absolute Gasteiger partial charge is 0.105 e. The summed E-state index contributed by atoms with van der Waals surface area (Å²) in [7, 11) is 0. The van der Waals surface area contributed by atoms with E-state index in [0.717, 1.165) is 26.5 Å². The van der Waals surface area contributed by atoms with Gasteiger partial charge >= 0.3 is 0 Å². The highest BCUT2D eigenvalue weighted by Gasteiger charge is 2.19. The van der Waals surface area contributed by atoms with Crippen LogP contribution in [0.1, 0.15) is 50.0 Å². The summed E-state index contributed by atoms with van der Waals surface area (Å²) >= 11 is 6.94. The molecular formula is C18H20Br2O. The Morgan fingerprint density at radius 2 is 1.67 bits per heavy atom. The van der Waals surface area contributed by atoms with Crippen molar-refractivity contribution >= 4 is 31.9 Å². The summed E-state index contributed by atoms with van der Waals surface area (Å²) in [5, 5.41) is 10.6. The molecule has 0 fully saturated rings. The summed E-state index contributed by atoms with van der Waals surface area (Å²) in [5.41, 5.74) is 3.26. The lowest BCUT2D eigenvalue weighted by atomic mass is 9.82. The van der Waals surface area contributed by atoms with Crippen molar-refractivity contribution in [1.29, 1.82) is 0 Å². The van der Waals surface area contributed by atoms with Gasteiger partial charge in [0.25, 0.3) is 0 Å². The molecule has 0 saturated heterocycles. The molecule has 21 heavy (non-hydrogen) atoms. The van der Waals surface area contributed by atoms with E-state index in [9.17, 15) is 5.11 Å². The van der Waals surface area contributed by atoms with Gasteiger partial charge in [0.1, 0.15) is 6.10 Å². The minimum absolute atomic E-state index is 0.168. The Labute approximate surface area is 143 Å². The molecule has 1 N–H and O–H groups in total. The van der Waals surface area contributed by atoms with E-state index in [2.05, 4.69) is 64.8 Å². The molecule has 0 saturated carbocycles. The maximum Gasteiger partial charge on any atom is 0.105 e. The zero-order valence-electron chi connectivity index (χ0n) is 12.5. The molecule has 112 valence electrons. The highest BCUT2D eigenvalue weighted by atomic mass is 79.9. The number of aliphatic hydroxyl groups is 1. The van der Waals surface area contributed by atoms with Crippen LogP contribution in [-0.4, -0.2) is 5.11 Å². The zero-order chi connectivity index (χ0) is 15.6. The van der Waals surface area contributed by atoms with Crippen LogP contribution in [0.5, 0.6) is 0 Å². The number of hydrogen-bond donors (Lipinski definition) is 1. The number of aliphatic hydroxyl groups excluding tert-OH is 1. The van der Waals surface area contributed by atoms with Gasteiger partial charge in [0.05, 0.1) is 0 Å². The zero-order valence-corrected chi connectivity index (χ0v) is 15.7. The van der Waals surface area contributed by atoms with Crippen LogP contribution in [0.15, 0.2) is 51.4 Å². The van der Waals surface area contributed by atoms with Crippen LogP contribution in [0.3, 0.4) is 0 Å². The highest BCUT2D eigenvalue weighted by molar-refractivity contribution is 9.11. The predicted octanol–water partition coefficient (Wildman–Crippen LogP) is 5.98. The van der Waals surface area contributed by atoms with Crippen LogP contribution in [-0.2, 0) is 5.41 Å². The Balaban J connectivity index is 2.30. The third kappa shape index (κ3) is 3.77. The van der Waals surface area contributed by atoms with Crippen LogP contribution in [0.2, 0.25) is 0 Å².